The van der Waals surface area contributed by atoms with Crippen LogP contribution in [0.1, 0.15) is 19.8 Å². The van der Waals surface area contributed by atoms with Crippen LogP contribution in [-0.2, 0) is 4.79 Å². The molecule has 0 saturated carbocycles. The SMILES string of the molecule is CC1CCN(CC(=O)N(C)CCC#N)CC1N. The topological polar surface area (TPSA) is 73.4 Å². The van der Waals surface area contributed by atoms with Gasteiger partial charge in [-0.05, 0) is 18.9 Å². The van der Waals surface area contributed by atoms with E-state index >= 15 is 0 Å². The van der Waals surface area contributed by atoms with Crippen LogP contribution in [0.15, 0.2) is 0 Å². The van der Waals surface area contributed by atoms with Gasteiger partial charge in [-0.2, -0.15) is 5.26 Å². The molecule has 1 aliphatic rings. The van der Waals surface area contributed by atoms with Crippen LogP contribution in [0.3, 0.4) is 0 Å². The van der Waals surface area contributed by atoms with E-state index in [1.54, 1.807) is 11.9 Å². The molecule has 17 heavy (non-hydrogen) atoms. The van der Waals surface area contributed by atoms with Gasteiger partial charge in [0.25, 0.3) is 0 Å². The molecule has 0 radical (unpaired) electrons. The number of hydrogen-bond acceptors (Lipinski definition) is 4. The minimum atomic E-state index is 0.0713. The maximum atomic E-state index is 11.8. The van der Waals surface area contributed by atoms with E-state index in [-0.39, 0.29) is 11.9 Å². The minimum Gasteiger partial charge on any atom is -0.344 e. The van der Waals surface area contributed by atoms with Crippen LogP contribution in [0.4, 0.5) is 0 Å². The summed E-state index contributed by atoms with van der Waals surface area (Å²) in [5.74, 6) is 0.611. The van der Waals surface area contributed by atoms with E-state index in [4.69, 9.17) is 11.0 Å². The van der Waals surface area contributed by atoms with E-state index in [1.165, 1.54) is 0 Å². The van der Waals surface area contributed by atoms with Gasteiger partial charge in [-0.25, -0.2) is 0 Å². The van der Waals surface area contributed by atoms with Crippen LogP contribution >= 0.6 is 0 Å². The number of nitrogens with two attached hydrogens (primary N) is 1. The maximum absolute atomic E-state index is 11.8. The third-order valence-electron chi connectivity index (χ3n) is 3.44. The highest BCUT2D eigenvalue weighted by molar-refractivity contribution is 5.78. The molecule has 2 atom stereocenters. The molecule has 1 amide bonds. The van der Waals surface area contributed by atoms with Crippen molar-refractivity contribution in [2.24, 2.45) is 11.7 Å². The molecular formula is C12H22N4O. The van der Waals surface area contributed by atoms with E-state index in [0.29, 0.717) is 25.4 Å². The lowest BCUT2D eigenvalue weighted by atomic mass is 9.94. The number of hydrogen-bond donors (Lipinski definition) is 1. The largest absolute Gasteiger partial charge is 0.344 e. The van der Waals surface area contributed by atoms with Crippen molar-refractivity contribution in [2.45, 2.75) is 25.8 Å². The number of nitriles is 1. The summed E-state index contributed by atoms with van der Waals surface area (Å²) in [5, 5.41) is 8.47. The standard InChI is InChI=1S/C12H22N4O/c1-10-4-7-16(8-11(10)14)9-12(17)15(2)6-3-5-13/h10-11H,3-4,6-9,14H2,1-2H3. The average Bonchev–Trinajstić information content (AvgIpc) is 2.30. The molecular weight excluding hydrogens is 216 g/mol. The molecule has 0 aromatic heterocycles. The summed E-state index contributed by atoms with van der Waals surface area (Å²) < 4.78 is 0. The molecule has 0 spiro atoms. The Morgan fingerprint density at radius 3 is 2.94 bits per heavy atom. The zero-order valence-electron chi connectivity index (χ0n) is 10.7. The summed E-state index contributed by atoms with van der Waals surface area (Å²) in [5.41, 5.74) is 5.99. The molecule has 1 rings (SSSR count). The third-order valence-corrected chi connectivity index (χ3v) is 3.44. The Bertz CT molecular complexity index is 299. The molecule has 0 aromatic rings. The first-order valence-corrected chi connectivity index (χ1v) is 6.13. The second-order valence-electron chi connectivity index (χ2n) is 4.89. The first-order valence-electron chi connectivity index (χ1n) is 6.13. The zero-order valence-corrected chi connectivity index (χ0v) is 10.7. The highest BCUT2D eigenvalue weighted by Gasteiger charge is 2.24. The Morgan fingerprint density at radius 2 is 2.35 bits per heavy atom. The second-order valence-corrected chi connectivity index (χ2v) is 4.89. The molecule has 0 aliphatic carbocycles. The molecule has 1 heterocycles. The van der Waals surface area contributed by atoms with Crippen LogP contribution in [-0.4, -0.2) is 55.0 Å². The fourth-order valence-corrected chi connectivity index (χ4v) is 1.97. The van der Waals surface area contributed by atoms with E-state index in [1.807, 2.05) is 6.07 Å². The molecule has 96 valence electrons. The Balaban J connectivity index is 2.34. The van der Waals surface area contributed by atoms with Gasteiger partial charge in [-0.15, -0.1) is 0 Å². The number of amides is 1. The quantitative estimate of drug-likeness (QED) is 0.750. The van der Waals surface area contributed by atoms with Crippen molar-refractivity contribution in [2.75, 3.05) is 33.2 Å². The van der Waals surface area contributed by atoms with Gasteiger partial charge in [-0.1, -0.05) is 6.92 Å². The highest BCUT2D eigenvalue weighted by Crippen LogP contribution is 2.15. The summed E-state index contributed by atoms with van der Waals surface area (Å²) in [6.45, 7) is 4.81. The number of piperidine rings is 1. The Morgan fingerprint density at radius 1 is 1.65 bits per heavy atom. The van der Waals surface area contributed by atoms with Gasteiger partial charge < -0.3 is 10.6 Å². The molecule has 0 aromatic carbocycles. The zero-order chi connectivity index (χ0) is 12.8. The summed E-state index contributed by atoms with van der Waals surface area (Å²) in [6.07, 6.45) is 1.44. The van der Waals surface area contributed by atoms with Gasteiger partial charge in [0.15, 0.2) is 0 Å². The molecule has 5 nitrogen and oxygen atoms in total. The highest BCUT2D eigenvalue weighted by atomic mass is 16.2. The lowest BCUT2D eigenvalue weighted by Gasteiger charge is -2.35. The van der Waals surface area contributed by atoms with E-state index in [0.717, 1.165) is 19.5 Å². The summed E-state index contributed by atoms with van der Waals surface area (Å²) in [4.78, 5) is 15.6. The van der Waals surface area contributed by atoms with Gasteiger partial charge in [0.2, 0.25) is 5.91 Å². The van der Waals surface area contributed by atoms with Crippen molar-refractivity contribution in [3.63, 3.8) is 0 Å². The van der Waals surface area contributed by atoms with Crippen molar-refractivity contribution in [1.82, 2.24) is 9.80 Å². The van der Waals surface area contributed by atoms with Crippen molar-refractivity contribution >= 4 is 5.91 Å². The lowest BCUT2D eigenvalue weighted by Crippen LogP contribution is -2.50. The molecule has 1 fully saturated rings. The Labute approximate surface area is 103 Å². The summed E-state index contributed by atoms with van der Waals surface area (Å²) in [7, 11) is 1.74. The van der Waals surface area contributed by atoms with Crippen LogP contribution in [0.2, 0.25) is 0 Å². The predicted octanol–water partition coefficient (Wildman–Crippen LogP) is 0.0276. The smallest absolute Gasteiger partial charge is 0.236 e. The van der Waals surface area contributed by atoms with Crippen molar-refractivity contribution < 1.29 is 4.79 Å². The molecule has 5 heteroatoms. The fourth-order valence-electron chi connectivity index (χ4n) is 1.97. The van der Waals surface area contributed by atoms with Gasteiger partial charge in [0.1, 0.15) is 0 Å². The summed E-state index contributed by atoms with van der Waals surface area (Å²) >= 11 is 0. The molecule has 0 bridgehead atoms. The van der Waals surface area contributed by atoms with Crippen LogP contribution in [0.5, 0.6) is 0 Å². The van der Waals surface area contributed by atoms with Gasteiger partial charge in [0, 0.05) is 26.2 Å². The lowest BCUT2D eigenvalue weighted by molar-refractivity contribution is -0.131. The Hall–Kier alpha value is -1.12. The van der Waals surface area contributed by atoms with Crippen LogP contribution in [0.25, 0.3) is 0 Å². The third kappa shape index (κ3) is 4.33. The van der Waals surface area contributed by atoms with Gasteiger partial charge in [-0.3, -0.25) is 9.69 Å². The number of carbonyl (C=O) groups is 1. The molecule has 2 N–H and O–H groups in total. The number of likely N-dealkylation sites (N-methyl/N-ethyl adjacent to an activating group) is 1. The minimum absolute atomic E-state index is 0.0713. The first kappa shape index (κ1) is 13.9. The first-order chi connectivity index (χ1) is 8.04. The number of rotatable bonds is 4. The van der Waals surface area contributed by atoms with E-state index in [9.17, 15) is 4.79 Å². The average molecular weight is 238 g/mol. The number of nitrogens with zero attached hydrogens (tertiary/aromatic N) is 3. The van der Waals surface area contributed by atoms with Crippen LogP contribution in [0, 0.1) is 17.2 Å². The fraction of sp³-hybridized carbons (Fsp3) is 0.833. The van der Waals surface area contributed by atoms with Crippen molar-refractivity contribution in [3.05, 3.63) is 0 Å². The summed E-state index contributed by atoms with van der Waals surface area (Å²) in [6, 6.07) is 2.21. The van der Waals surface area contributed by atoms with Crippen molar-refractivity contribution in [3.8, 4) is 6.07 Å². The van der Waals surface area contributed by atoms with Crippen molar-refractivity contribution in [1.29, 1.82) is 5.26 Å². The Kier molecular flexibility index (Phi) is 5.39. The second kappa shape index (κ2) is 6.58. The van der Waals surface area contributed by atoms with Gasteiger partial charge in [0.05, 0.1) is 19.0 Å². The van der Waals surface area contributed by atoms with Gasteiger partial charge >= 0.3 is 0 Å². The normalized spacial score (nSPS) is 25.3. The number of carbonyl (C=O) groups excluding carboxylic acids is 1. The molecule has 2 unspecified atom stereocenters. The number of likely N-dealkylation sites (tertiary alicyclic amines) is 1. The predicted molar refractivity (Wildman–Crippen MR) is 66.1 cm³/mol. The molecule has 1 saturated heterocycles. The maximum Gasteiger partial charge on any atom is 0.236 e. The monoisotopic (exact) mass is 238 g/mol. The van der Waals surface area contributed by atoms with E-state index in [2.05, 4.69) is 11.8 Å². The van der Waals surface area contributed by atoms with E-state index < -0.39 is 0 Å². The van der Waals surface area contributed by atoms with Crippen LogP contribution < -0.4 is 5.73 Å². The molecule has 1 aliphatic heterocycles.